The third-order valence-corrected chi connectivity index (χ3v) is 73.0. The summed E-state index contributed by atoms with van der Waals surface area (Å²) in [6.07, 6.45) is 0. The van der Waals surface area contributed by atoms with E-state index in [-0.39, 0.29) is 0 Å². The van der Waals surface area contributed by atoms with E-state index in [1.54, 1.807) is 0 Å². The first kappa shape index (κ1) is 67.3. The van der Waals surface area contributed by atoms with Crippen molar-refractivity contribution >= 4 is 542 Å². The van der Waals surface area contributed by atoms with Gasteiger partial charge in [0.2, 0.25) is 0 Å². The summed E-state index contributed by atoms with van der Waals surface area (Å²) >= 11 is 131. The lowest BCUT2D eigenvalue weighted by molar-refractivity contribution is 0.477. The smallest absolute Gasteiger partial charge is 0.162 e. The molecule has 0 aromatic heterocycles. The van der Waals surface area contributed by atoms with Gasteiger partial charge < -0.3 is 0 Å². The summed E-state index contributed by atoms with van der Waals surface area (Å²) in [6.45, 7) is 0. The zero-order valence-electron chi connectivity index (χ0n) is 21.4. The Balaban J connectivity index is 7.35. The van der Waals surface area contributed by atoms with Crippen LogP contribution >= 0.6 is 542 Å². The summed E-state index contributed by atoms with van der Waals surface area (Å²) in [5, 5.41) is 3.54. The minimum atomic E-state index is -1.30. The quantitative estimate of drug-likeness (QED) is 0.135. The minimum Gasteiger partial charge on any atom is -0.265 e. The van der Waals surface area contributed by atoms with Gasteiger partial charge in [-0.05, 0) is 0 Å². The van der Waals surface area contributed by atoms with Crippen molar-refractivity contribution in [1.29, 1.82) is 0 Å². The fourth-order valence-corrected chi connectivity index (χ4v) is 34.0. The third kappa shape index (κ3) is 12.5. The van der Waals surface area contributed by atoms with Crippen molar-refractivity contribution in [2.75, 3.05) is 0 Å². The van der Waals surface area contributed by atoms with Crippen LogP contribution in [0.5, 0.6) is 0 Å². The van der Waals surface area contributed by atoms with Crippen LogP contribution in [0.1, 0.15) is 0 Å². The fraction of sp³-hybridized carbons (Fsp3) is 1.00. The minimum absolute atomic E-state index is 0.888. The van der Waals surface area contributed by atoms with Gasteiger partial charge in [0.1, 0.15) is 38.8 Å². The number of nitrogens with one attached hydrogen (secondary N) is 1. The summed E-state index contributed by atoms with van der Waals surface area (Å²) in [7, 11) is 0. The molecule has 0 rings (SSSR count). The van der Waals surface area contributed by atoms with Crippen molar-refractivity contribution < 1.29 is 0 Å². The van der Waals surface area contributed by atoms with E-state index in [0.717, 1.165) is 0 Å². The Hall–Kier alpha value is 16.3. The Morgan fingerprint density at radius 3 is 0.412 bits per heavy atom. The predicted molar refractivity (Wildman–Crippen MR) is 350 cm³/mol. The molecule has 0 saturated carbocycles. The second-order valence-corrected chi connectivity index (χ2v) is 70.9. The zero-order chi connectivity index (χ0) is 42.7. The van der Waals surface area contributed by atoms with E-state index in [0.29, 0.717) is 0 Å². The van der Waals surface area contributed by atoms with E-state index >= 15 is 0 Å². The summed E-state index contributed by atoms with van der Waals surface area (Å²) < 4.78 is -18.4. The van der Waals surface area contributed by atoms with E-state index < -0.39 is 49.8 Å². The van der Waals surface area contributed by atoms with Crippen LogP contribution in [-0.2, 0) is 0 Å². The molecular weight excluding hydrogens is 2920 g/mol. The average Bonchev–Trinajstić information content (AvgIpc) is 2.85. The number of hydrogen-bond acceptors (Lipinski definition) is 1. The molecular formula is C16HBr34N. The van der Waals surface area contributed by atoms with Gasteiger partial charge in [0, 0.05) is 0 Å². The van der Waals surface area contributed by atoms with Crippen molar-refractivity contribution in [3.8, 4) is 0 Å². The zero-order valence-corrected chi connectivity index (χ0v) is 75.3. The van der Waals surface area contributed by atoms with E-state index in [1.807, 2.05) is 0 Å². The van der Waals surface area contributed by atoms with E-state index in [2.05, 4.69) is 547 Å². The number of hydrogen-bond donors (Lipinski definition) is 1. The molecule has 0 aromatic rings. The second-order valence-electron chi connectivity index (χ2n) is 9.16. The molecule has 0 atom stereocenters. The van der Waals surface area contributed by atoms with E-state index in [4.69, 9.17) is 0 Å². The molecule has 35 heteroatoms. The lowest BCUT2D eigenvalue weighted by atomic mass is 10.1. The number of rotatable bonds is 14. The van der Waals surface area contributed by atoms with Crippen LogP contribution in [-0.4, -0.2) is 49.8 Å². The monoisotopic (exact) mass is 2890 g/mol. The molecule has 0 amide bonds. The van der Waals surface area contributed by atoms with Gasteiger partial charge in [0.05, 0.1) is 0 Å². The van der Waals surface area contributed by atoms with E-state index in [9.17, 15) is 0 Å². The second kappa shape index (κ2) is 22.0. The summed E-state index contributed by atoms with van der Waals surface area (Å²) in [5.74, 6) is 0. The maximum Gasteiger partial charge on any atom is 0.162 e. The molecule has 51 heavy (non-hydrogen) atoms. The molecule has 0 saturated heterocycles. The van der Waals surface area contributed by atoms with Crippen LogP contribution < -0.4 is 5.32 Å². The highest BCUT2D eigenvalue weighted by Gasteiger charge is 2.80. The average molecular weight is 2920 g/mol. The highest BCUT2D eigenvalue weighted by molar-refractivity contribution is 9.43. The van der Waals surface area contributed by atoms with Gasteiger partial charge in [-0.25, -0.2) is 0 Å². The lowest BCUT2D eigenvalue weighted by Crippen LogP contribution is -2.73. The van der Waals surface area contributed by atoms with Crippen LogP contribution in [0.15, 0.2) is 0 Å². The maximum absolute atomic E-state index is 3.95. The molecule has 0 aromatic carbocycles. The number of alkyl halides is 34. The first-order valence-corrected chi connectivity index (χ1v) is 37.4. The van der Waals surface area contributed by atoms with Gasteiger partial charge in [-0.3, -0.25) is 5.32 Å². The molecule has 0 spiro atoms. The molecule has 0 aliphatic rings. The summed E-state index contributed by atoms with van der Waals surface area (Å²) in [5.41, 5.74) is 0. The molecule has 308 valence electrons. The predicted octanol–water partition coefficient (Wildman–Crippen LogP) is 25.0. The van der Waals surface area contributed by atoms with Crippen molar-refractivity contribution in [2.45, 2.75) is 49.8 Å². The van der Waals surface area contributed by atoms with Gasteiger partial charge in [-0.15, -0.1) is 0 Å². The van der Waals surface area contributed by atoms with Crippen molar-refractivity contribution in [1.82, 2.24) is 5.32 Å². The van der Waals surface area contributed by atoms with Crippen molar-refractivity contribution in [3.63, 3.8) is 0 Å². The molecule has 0 heterocycles. The molecule has 0 unspecified atom stereocenters. The van der Waals surface area contributed by atoms with Crippen molar-refractivity contribution in [2.24, 2.45) is 0 Å². The Morgan fingerprint density at radius 2 is 0.275 bits per heavy atom. The molecule has 0 radical (unpaired) electrons. The highest BCUT2D eigenvalue weighted by Crippen LogP contribution is 2.80. The molecule has 0 aliphatic carbocycles. The fourth-order valence-electron chi connectivity index (χ4n) is 2.68. The topological polar surface area (TPSA) is 12.0 Å². The summed E-state index contributed by atoms with van der Waals surface area (Å²) in [6, 6.07) is 0. The van der Waals surface area contributed by atoms with Crippen LogP contribution in [0, 0.1) is 0 Å². The molecule has 0 fully saturated rings. The SMILES string of the molecule is BrC(Br)(Br)C(Br)(Br)C(Br)(Br)C(Br)(Br)C(Br)(Br)C(Br)(Br)C(Br)(Br)C(Br)(Br)NC(Br)(Br)C(Br)(Br)C(Br)(Br)C(Br)(Br)C(Br)(Br)C(Br)(Br)C(Br)(Br)C(Br)(Br)Br. The lowest BCUT2D eigenvalue weighted by Gasteiger charge is -2.59. The van der Waals surface area contributed by atoms with Crippen molar-refractivity contribution in [3.05, 3.63) is 0 Å². The van der Waals surface area contributed by atoms with Gasteiger partial charge in [0.15, 0.2) is 11.0 Å². The van der Waals surface area contributed by atoms with Crippen LogP contribution in [0.25, 0.3) is 0 Å². The highest BCUT2D eigenvalue weighted by atomic mass is 80.0. The Morgan fingerprint density at radius 1 is 0.157 bits per heavy atom. The maximum atomic E-state index is 3.95. The van der Waals surface area contributed by atoms with Gasteiger partial charge in [-0.2, -0.15) is 0 Å². The molecule has 1 nitrogen and oxygen atoms in total. The Kier molecular flexibility index (Phi) is 29.0. The first-order chi connectivity index (χ1) is 21.2. The number of halogens is 34. The molecule has 1 N–H and O–H groups in total. The Labute approximate surface area is 581 Å². The van der Waals surface area contributed by atoms with Crippen LogP contribution in [0.3, 0.4) is 0 Å². The summed E-state index contributed by atoms with van der Waals surface area (Å²) in [4.78, 5) is 0. The standard InChI is InChI=1S/C16HBr34N/c17-1(18,5(25,26)9(33,34)13(41,42)43)3(21,22)7(29,30)11(37,38)15(47,48)51-16(49,50)12(39,40)8(31,32)4(23,24)2(19,20)6(27,28)10(35,36)14(44,45)46/h51H. The first-order valence-electron chi connectivity index (χ1n) is 10.4. The van der Waals surface area contributed by atoms with Gasteiger partial charge in [-0.1, -0.05) is 542 Å². The molecule has 0 aliphatic heterocycles. The van der Waals surface area contributed by atoms with Gasteiger partial charge >= 0.3 is 0 Å². The van der Waals surface area contributed by atoms with Crippen LogP contribution in [0.2, 0.25) is 0 Å². The largest absolute Gasteiger partial charge is 0.265 e. The Bertz CT molecular complexity index is 1160. The van der Waals surface area contributed by atoms with E-state index in [1.165, 1.54) is 0 Å². The third-order valence-electron chi connectivity index (χ3n) is 5.76. The molecule has 0 bridgehead atoms. The normalized spacial score (nSPS) is 17.3. The van der Waals surface area contributed by atoms with Gasteiger partial charge in [0.25, 0.3) is 0 Å². The van der Waals surface area contributed by atoms with Crippen LogP contribution in [0.4, 0.5) is 0 Å².